The minimum absolute atomic E-state index is 0.116. The van der Waals surface area contributed by atoms with Crippen molar-refractivity contribution in [2.24, 2.45) is 0 Å². The van der Waals surface area contributed by atoms with Crippen LogP contribution in [0.1, 0.15) is 162 Å². The summed E-state index contributed by atoms with van der Waals surface area (Å²) in [6.45, 7) is 28.3. The molecule has 0 atom stereocenters. The number of hydrogen-bond donors (Lipinski definition) is 0. The first-order valence-electron chi connectivity index (χ1n) is 39.8. The van der Waals surface area contributed by atoms with Crippen molar-refractivity contribution in [3.63, 3.8) is 0 Å². The van der Waals surface area contributed by atoms with Gasteiger partial charge in [0, 0.05) is 39.7 Å². The van der Waals surface area contributed by atoms with Crippen LogP contribution in [0.4, 0.5) is 34.1 Å². The monoisotopic (exact) mass is 1430 g/mol. The summed E-state index contributed by atoms with van der Waals surface area (Å²) in [5.74, 6) is -0.409. The van der Waals surface area contributed by atoms with Gasteiger partial charge in [0.1, 0.15) is 0 Å². The second kappa shape index (κ2) is 27.5. The maximum atomic E-state index is 2.77. The van der Waals surface area contributed by atoms with Crippen molar-refractivity contribution in [3.8, 4) is 89.0 Å². The maximum absolute atomic E-state index is 2.77. The SMILES string of the molecule is CC(C)(C)c1cc(-c2ccc3c(c2)N(c2c(-c4ccccc4)cc(-c4ccccc4)cc2-c2ccccc2)c2cc(C4c5ccccc5Cc5ccccc54)cc4c2C3c2ccc(-c3cc(C(C)(C)C)cc(C(C)(C)C)c3)cc2N4c2c(-c3ccccc3)cc(-c3ccccc3)cc2-c2ccccc2)cc(C(C)(C)C)c1. The molecule has 3 aliphatic rings. The molecule has 0 saturated heterocycles. The van der Waals surface area contributed by atoms with Gasteiger partial charge in [-0.1, -0.05) is 374 Å². The Bertz CT molecular complexity index is 5510. The van der Waals surface area contributed by atoms with Crippen molar-refractivity contribution >= 4 is 34.1 Å². The molecule has 0 bridgehead atoms. The fraction of sp³-hybridized carbons (Fsp3) is 0.174. The fourth-order valence-electron chi connectivity index (χ4n) is 17.7. The van der Waals surface area contributed by atoms with Crippen LogP contribution in [0, 0.1) is 0 Å². The summed E-state index contributed by atoms with van der Waals surface area (Å²) in [7, 11) is 0. The molecule has 2 heteroatoms. The molecule has 2 aliphatic heterocycles. The van der Waals surface area contributed by atoms with Gasteiger partial charge in [0.05, 0.1) is 34.1 Å². The highest BCUT2D eigenvalue weighted by molar-refractivity contribution is 6.08. The number of benzene rings is 15. The third-order valence-corrected chi connectivity index (χ3v) is 23.8. The summed E-state index contributed by atoms with van der Waals surface area (Å²) in [6, 6.07) is 131. The third-order valence-electron chi connectivity index (χ3n) is 23.8. The van der Waals surface area contributed by atoms with Gasteiger partial charge in [-0.3, -0.25) is 0 Å². The molecule has 0 N–H and O–H groups in total. The van der Waals surface area contributed by atoms with E-state index in [-0.39, 0.29) is 33.5 Å². The largest absolute Gasteiger partial charge is 0.309 e. The summed E-state index contributed by atoms with van der Waals surface area (Å²) in [4.78, 5) is 5.54. The molecule has 111 heavy (non-hydrogen) atoms. The van der Waals surface area contributed by atoms with E-state index in [0.717, 1.165) is 107 Å². The van der Waals surface area contributed by atoms with Gasteiger partial charge in [-0.25, -0.2) is 0 Å². The molecule has 18 rings (SSSR count). The van der Waals surface area contributed by atoms with E-state index in [2.05, 4.69) is 433 Å². The lowest BCUT2D eigenvalue weighted by Crippen LogP contribution is -2.31. The first kappa shape index (κ1) is 70.6. The Morgan fingerprint density at radius 3 is 0.802 bits per heavy atom. The number of rotatable bonds is 11. The Hall–Kier alpha value is -12.1. The number of fused-ring (bicyclic) bond motifs is 6. The predicted octanol–water partition coefficient (Wildman–Crippen LogP) is 30.0. The zero-order valence-electron chi connectivity index (χ0n) is 66.1. The molecule has 542 valence electrons. The average molecular weight is 1430 g/mol. The standard InChI is InChI=1S/C109H96N2/c1-106(2,3)85-56-80(57-86(68-85)107(4,5)6)76-51-53-91-97(64-76)110(104-93(72-39-23-15-24-40-72)60-82(70-35-19-13-20-36-70)61-94(104)73-41-25-16-26-42-73)99-66-84(101-89-49-33-31-47-78(89)55-79-48-32-34-50-90(79)101)67-100-103(99)102(91)92-54-52-77(81-58-87(108(7,8)9)69-88(59-81)109(10,11)12)65-98(92)111(100)105-95(74-43-27-17-28-44-74)62-83(71-37-21-14-22-38-71)63-96(105)75-45-29-18-30-46-75/h13-54,56-69,101-102H,55H2,1-12H3. The van der Waals surface area contributed by atoms with Gasteiger partial charge in [0.2, 0.25) is 0 Å². The lowest BCUT2D eigenvalue weighted by Gasteiger charge is -2.47. The van der Waals surface area contributed by atoms with E-state index in [1.165, 1.54) is 89.0 Å². The first-order valence-corrected chi connectivity index (χ1v) is 39.8. The van der Waals surface area contributed by atoms with Gasteiger partial charge in [0.25, 0.3) is 0 Å². The lowest BCUT2D eigenvalue weighted by atomic mass is 9.71. The van der Waals surface area contributed by atoms with E-state index >= 15 is 0 Å². The Labute approximate surface area is 658 Å². The molecule has 0 radical (unpaired) electrons. The summed E-state index contributed by atoms with van der Waals surface area (Å²) in [5, 5.41) is 0. The molecule has 0 saturated carbocycles. The van der Waals surface area contributed by atoms with E-state index in [1.54, 1.807) is 0 Å². The molecule has 2 nitrogen and oxygen atoms in total. The Balaban J connectivity index is 1.06. The Morgan fingerprint density at radius 2 is 0.495 bits per heavy atom. The minimum Gasteiger partial charge on any atom is -0.309 e. The number of anilines is 6. The van der Waals surface area contributed by atoms with Crippen LogP contribution in [-0.2, 0) is 28.1 Å². The predicted molar refractivity (Wildman–Crippen MR) is 472 cm³/mol. The van der Waals surface area contributed by atoms with Crippen LogP contribution in [0.2, 0.25) is 0 Å². The van der Waals surface area contributed by atoms with Crippen LogP contribution in [0.5, 0.6) is 0 Å². The smallest absolute Gasteiger partial charge is 0.0619 e. The van der Waals surface area contributed by atoms with Crippen molar-refractivity contribution in [1.29, 1.82) is 0 Å². The molecule has 0 spiro atoms. The summed E-state index contributed by atoms with van der Waals surface area (Å²) in [6.07, 6.45) is 0.858. The summed E-state index contributed by atoms with van der Waals surface area (Å²) >= 11 is 0. The third kappa shape index (κ3) is 12.9. The zero-order chi connectivity index (χ0) is 76.2. The van der Waals surface area contributed by atoms with E-state index in [4.69, 9.17) is 0 Å². The molecule has 15 aromatic carbocycles. The zero-order valence-corrected chi connectivity index (χ0v) is 66.1. The molecule has 0 amide bonds. The van der Waals surface area contributed by atoms with Crippen molar-refractivity contribution in [3.05, 3.63) is 406 Å². The van der Waals surface area contributed by atoms with Crippen molar-refractivity contribution in [1.82, 2.24) is 0 Å². The summed E-state index contributed by atoms with van der Waals surface area (Å²) in [5.41, 5.74) is 40.5. The first-order chi connectivity index (χ1) is 53.6. The van der Waals surface area contributed by atoms with Crippen molar-refractivity contribution < 1.29 is 0 Å². The van der Waals surface area contributed by atoms with E-state index in [9.17, 15) is 0 Å². The summed E-state index contributed by atoms with van der Waals surface area (Å²) < 4.78 is 0. The molecule has 0 aromatic heterocycles. The van der Waals surface area contributed by atoms with Crippen LogP contribution in [-0.4, -0.2) is 0 Å². The molecule has 0 fully saturated rings. The second-order valence-electron chi connectivity index (χ2n) is 35.3. The Kier molecular flexibility index (Phi) is 17.5. The van der Waals surface area contributed by atoms with Gasteiger partial charge in [-0.05, 0) is 205 Å². The highest BCUT2D eigenvalue weighted by atomic mass is 15.2. The van der Waals surface area contributed by atoms with E-state index in [1.807, 2.05) is 0 Å². The number of hydrogen-bond acceptors (Lipinski definition) is 2. The quantitative estimate of drug-likeness (QED) is 0.127. The van der Waals surface area contributed by atoms with Crippen LogP contribution < -0.4 is 9.80 Å². The molecular formula is C109H96N2. The topological polar surface area (TPSA) is 6.48 Å². The molecule has 2 heterocycles. The number of nitrogens with zero attached hydrogens (tertiary/aromatic N) is 2. The molecule has 1 aliphatic carbocycles. The Morgan fingerprint density at radius 1 is 0.216 bits per heavy atom. The van der Waals surface area contributed by atoms with Crippen LogP contribution in [0.15, 0.2) is 340 Å². The minimum atomic E-state index is -0.263. The van der Waals surface area contributed by atoms with Crippen molar-refractivity contribution in [2.75, 3.05) is 9.80 Å². The highest BCUT2D eigenvalue weighted by Crippen LogP contribution is 2.66. The maximum Gasteiger partial charge on any atom is 0.0619 e. The lowest BCUT2D eigenvalue weighted by molar-refractivity contribution is 0.568. The highest BCUT2D eigenvalue weighted by Gasteiger charge is 2.45. The van der Waals surface area contributed by atoms with Crippen LogP contribution >= 0.6 is 0 Å². The second-order valence-corrected chi connectivity index (χ2v) is 35.3. The van der Waals surface area contributed by atoms with Gasteiger partial charge in [-0.15, -0.1) is 0 Å². The van der Waals surface area contributed by atoms with Crippen molar-refractivity contribution in [2.45, 2.75) is 123 Å². The van der Waals surface area contributed by atoms with Gasteiger partial charge in [-0.2, -0.15) is 0 Å². The van der Waals surface area contributed by atoms with Gasteiger partial charge < -0.3 is 9.80 Å². The fourth-order valence-corrected chi connectivity index (χ4v) is 17.7. The van der Waals surface area contributed by atoms with Gasteiger partial charge >= 0.3 is 0 Å². The molecule has 15 aromatic rings. The van der Waals surface area contributed by atoms with Crippen LogP contribution in [0.25, 0.3) is 89.0 Å². The van der Waals surface area contributed by atoms with Gasteiger partial charge in [0.15, 0.2) is 0 Å². The van der Waals surface area contributed by atoms with E-state index in [0.29, 0.717) is 0 Å². The average Bonchev–Trinajstić information content (AvgIpc) is 0.684. The molecule has 0 unspecified atom stereocenters. The van der Waals surface area contributed by atoms with E-state index < -0.39 is 0 Å². The normalized spacial score (nSPS) is 13.4. The van der Waals surface area contributed by atoms with Crippen LogP contribution in [0.3, 0.4) is 0 Å². The molecular weight excluding hydrogens is 1340 g/mol.